The lowest BCUT2D eigenvalue weighted by Crippen LogP contribution is -2.26. The maximum absolute atomic E-state index is 8.97. The molecular weight excluding hydrogens is 220 g/mol. The molecule has 1 aliphatic rings. The third-order valence-corrected chi connectivity index (χ3v) is 4.33. The fourth-order valence-corrected chi connectivity index (χ4v) is 2.70. The van der Waals surface area contributed by atoms with E-state index >= 15 is 0 Å². The smallest absolute Gasteiger partial charge is 0.0683 e. The zero-order valence-electron chi connectivity index (χ0n) is 12.9. The molecule has 104 valence electrons. The van der Waals surface area contributed by atoms with E-state index in [2.05, 4.69) is 31.7 Å². The van der Waals surface area contributed by atoms with Crippen molar-refractivity contribution >= 4 is 0 Å². The minimum Gasteiger partial charge on any atom is -0.303 e. The standard InChI is InChI=1S/C16H30N2/c1-15(2,3)14-8-11-18(12-14)10-7-6-9-16(4,5)13-17/h14H,6-12H2,1-5H3. The summed E-state index contributed by atoms with van der Waals surface area (Å²) in [5.41, 5.74) is 0.316. The van der Waals surface area contributed by atoms with Crippen molar-refractivity contribution < 1.29 is 0 Å². The molecule has 0 saturated carbocycles. The van der Waals surface area contributed by atoms with E-state index in [-0.39, 0.29) is 5.41 Å². The number of nitriles is 1. The molecule has 1 fully saturated rings. The molecule has 18 heavy (non-hydrogen) atoms. The third-order valence-electron chi connectivity index (χ3n) is 4.33. The Bertz CT molecular complexity index is 293. The van der Waals surface area contributed by atoms with Gasteiger partial charge in [0.1, 0.15) is 0 Å². The highest BCUT2D eigenvalue weighted by atomic mass is 15.1. The van der Waals surface area contributed by atoms with Crippen molar-refractivity contribution in [2.45, 2.75) is 60.3 Å². The van der Waals surface area contributed by atoms with Gasteiger partial charge in [-0.3, -0.25) is 0 Å². The summed E-state index contributed by atoms with van der Waals surface area (Å²) < 4.78 is 0. The minimum absolute atomic E-state index is 0.140. The Morgan fingerprint density at radius 2 is 1.83 bits per heavy atom. The van der Waals surface area contributed by atoms with Crippen molar-refractivity contribution in [2.24, 2.45) is 16.7 Å². The zero-order chi connectivity index (χ0) is 13.8. The highest BCUT2D eigenvalue weighted by Crippen LogP contribution is 2.33. The molecule has 1 atom stereocenters. The fraction of sp³-hybridized carbons (Fsp3) is 0.938. The molecule has 0 aromatic rings. The van der Waals surface area contributed by atoms with Crippen LogP contribution < -0.4 is 0 Å². The second-order valence-electron chi connectivity index (χ2n) is 7.61. The molecule has 0 N–H and O–H groups in total. The highest BCUT2D eigenvalue weighted by Gasteiger charge is 2.31. The van der Waals surface area contributed by atoms with E-state index in [1.165, 1.54) is 38.9 Å². The third kappa shape index (κ3) is 4.98. The Morgan fingerprint density at radius 3 is 2.33 bits per heavy atom. The summed E-state index contributed by atoms with van der Waals surface area (Å²) in [6, 6.07) is 2.38. The lowest BCUT2D eigenvalue weighted by Gasteiger charge is -2.27. The number of rotatable bonds is 5. The largest absolute Gasteiger partial charge is 0.303 e. The zero-order valence-corrected chi connectivity index (χ0v) is 12.9. The Morgan fingerprint density at radius 1 is 1.17 bits per heavy atom. The summed E-state index contributed by atoms with van der Waals surface area (Å²) in [6.07, 6.45) is 4.80. The summed E-state index contributed by atoms with van der Waals surface area (Å²) in [6.45, 7) is 14.9. The van der Waals surface area contributed by atoms with Crippen LogP contribution in [0.1, 0.15) is 60.3 Å². The molecule has 0 aliphatic carbocycles. The van der Waals surface area contributed by atoms with Gasteiger partial charge < -0.3 is 4.90 Å². The number of hydrogen-bond donors (Lipinski definition) is 0. The van der Waals surface area contributed by atoms with Crippen LogP contribution in [0.2, 0.25) is 0 Å². The predicted molar refractivity (Wildman–Crippen MR) is 77.2 cm³/mol. The molecule has 1 unspecified atom stereocenters. The lowest BCUT2D eigenvalue weighted by atomic mass is 9.80. The van der Waals surface area contributed by atoms with Crippen molar-refractivity contribution in [3.63, 3.8) is 0 Å². The SMILES string of the molecule is CC(C)(C#N)CCCCN1CCC(C(C)(C)C)C1. The van der Waals surface area contributed by atoms with Gasteiger partial charge in [0, 0.05) is 6.54 Å². The van der Waals surface area contributed by atoms with Gasteiger partial charge in [-0.05, 0) is 57.5 Å². The van der Waals surface area contributed by atoms with Crippen molar-refractivity contribution in [1.29, 1.82) is 5.26 Å². The Hall–Kier alpha value is -0.550. The molecule has 0 aromatic carbocycles. The molecule has 0 aromatic heterocycles. The first kappa shape index (κ1) is 15.5. The van der Waals surface area contributed by atoms with Crippen LogP contribution in [0.4, 0.5) is 0 Å². The fourth-order valence-electron chi connectivity index (χ4n) is 2.70. The van der Waals surface area contributed by atoms with Gasteiger partial charge in [-0.25, -0.2) is 0 Å². The van der Waals surface area contributed by atoms with E-state index in [0.29, 0.717) is 5.41 Å². The topological polar surface area (TPSA) is 27.0 Å². The summed E-state index contributed by atoms with van der Waals surface area (Å²) in [5, 5.41) is 8.97. The van der Waals surface area contributed by atoms with Crippen LogP contribution in [0.15, 0.2) is 0 Å². The van der Waals surface area contributed by atoms with Crippen LogP contribution in [-0.4, -0.2) is 24.5 Å². The van der Waals surface area contributed by atoms with Gasteiger partial charge in [0.05, 0.1) is 11.5 Å². The normalized spacial score (nSPS) is 22.1. The van der Waals surface area contributed by atoms with Crippen molar-refractivity contribution in [2.75, 3.05) is 19.6 Å². The Balaban J connectivity index is 2.18. The molecule has 0 amide bonds. The van der Waals surface area contributed by atoms with Gasteiger partial charge in [-0.2, -0.15) is 5.26 Å². The first-order valence-electron chi connectivity index (χ1n) is 7.38. The summed E-state index contributed by atoms with van der Waals surface area (Å²) >= 11 is 0. The molecule has 0 bridgehead atoms. The van der Waals surface area contributed by atoms with E-state index in [0.717, 1.165) is 12.3 Å². The summed E-state index contributed by atoms with van der Waals surface area (Å²) in [4.78, 5) is 2.61. The van der Waals surface area contributed by atoms with Gasteiger partial charge in [-0.1, -0.05) is 27.2 Å². The van der Waals surface area contributed by atoms with Crippen LogP contribution in [0.25, 0.3) is 0 Å². The molecule has 1 rings (SSSR count). The van der Waals surface area contributed by atoms with E-state index in [1.807, 2.05) is 13.8 Å². The molecule has 1 heterocycles. The summed E-state index contributed by atoms with van der Waals surface area (Å²) in [7, 11) is 0. The highest BCUT2D eigenvalue weighted by molar-refractivity contribution is 4.91. The van der Waals surface area contributed by atoms with Gasteiger partial charge in [0.25, 0.3) is 0 Å². The van der Waals surface area contributed by atoms with Crippen molar-refractivity contribution in [3.8, 4) is 6.07 Å². The maximum Gasteiger partial charge on any atom is 0.0683 e. The molecular formula is C16H30N2. The van der Waals surface area contributed by atoms with Crippen molar-refractivity contribution in [3.05, 3.63) is 0 Å². The number of nitrogens with zero attached hydrogens (tertiary/aromatic N) is 2. The second kappa shape index (κ2) is 6.06. The van der Waals surface area contributed by atoms with Gasteiger partial charge in [0.15, 0.2) is 0 Å². The quantitative estimate of drug-likeness (QED) is 0.688. The molecule has 1 saturated heterocycles. The number of likely N-dealkylation sites (tertiary alicyclic amines) is 1. The number of hydrogen-bond acceptors (Lipinski definition) is 2. The lowest BCUT2D eigenvalue weighted by molar-refractivity contribution is 0.226. The van der Waals surface area contributed by atoms with E-state index in [4.69, 9.17) is 5.26 Å². The van der Waals surface area contributed by atoms with Crippen LogP contribution >= 0.6 is 0 Å². The van der Waals surface area contributed by atoms with Gasteiger partial charge >= 0.3 is 0 Å². The van der Waals surface area contributed by atoms with E-state index in [1.54, 1.807) is 0 Å². The van der Waals surface area contributed by atoms with E-state index < -0.39 is 0 Å². The predicted octanol–water partition coefficient (Wildman–Crippen LogP) is 4.07. The molecule has 2 heteroatoms. The number of unbranched alkanes of at least 4 members (excludes halogenated alkanes) is 1. The average Bonchev–Trinajstić information content (AvgIpc) is 2.73. The molecule has 1 aliphatic heterocycles. The maximum atomic E-state index is 8.97. The Kier molecular flexibility index (Phi) is 5.22. The minimum atomic E-state index is -0.140. The first-order valence-corrected chi connectivity index (χ1v) is 7.38. The first-order chi connectivity index (χ1) is 8.24. The molecule has 0 radical (unpaired) electrons. The molecule has 2 nitrogen and oxygen atoms in total. The summed E-state index contributed by atoms with van der Waals surface area (Å²) in [5.74, 6) is 0.855. The van der Waals surface area contributed by atoms with Crippen molar-refractivity contribution in [1.82, 2.24) is 4.90 Å². The second-order valence-corrected chi connectivity index (χ2v) is 7.61. The van der Waals surface area contributed by atoms with Crippen LogP contribution in [0.3, 0.4) is 0 Å². The average molecular weight is 250 g/mol. The monoisotopic (exact) mass is 250 g/mol. The van der Waals surface area contributed by atoms with E-state index in [9.17, 15) is 0 Å². The molecule has 0 spiro atoms. The van der Waals surface area contributed by atoms with Crippen LogP contribution in [0, 0.1) is 28.1 Å². The van der Waals surface area contributed by atoms with Crippen LogP contribution in [0.5, 0.6) is 0 Å². The Labute approximate surface area is 113 Å². The van der Waals surface area contributed by atoms with Gasteiger partial charge in [0.2, 0.25) is 0 Å². The van der Waals surface area contributed by atoms with Gasteiger partial charge in [-0.15, -0.1) is 0 Å². The van der Waals surface area contributed by atoms with Crippen LogP contribution in [-0.2, 0) is 0 Å².